The SMILES string of the molecule is COC(=O)c1ccc(N2C(=O)C[C@H](SCC(=O)Nc3cccc(Cl)c3)C2=O)cc1. The number of esters is 1. The van der Waals surface area contributed by atoms with Crippen LogP contribution in [0.1, 0.15) is 16.8 Å². The Bertz CT molecular complexity index is 964. The van der Waals surface area contributed by atoms with Gasteiger partial charge in [-0.1, -0.05) is 17.7 Å². The van der Waals surface area contributed by atoms with E-state index in [-0.39, 0.29) is 29.9 Å². The summed E-state index contributed by atoms with van der Waals surface area (Å²) in [7, 11) is 1.27. The summed E-state index contributed by atoms with van der Waals surface area (Å²) in [5, 5.41) is 2.56. The Hall–Kier alpha value is -2.84. The molecular formula is C20H17ClN2O5S. The van der Waals surface area contributed by atoms with E-state index < -0.39 is 11.2 Å². The number of nitrogens with one attached hydrogen (secondary N) is 1. The van der Waals surface area contributed by atoms with Crippen molar-refractivity contribution in [1.29, 1.82) is 0 Å². The predicted octanol–water partition coefficient (Wildman–Crippen LogP) is 3.13. The number of halogens is 1. The minimum absolute atomic E-state index is 0.00665. The summed E-state index contributed by atoms with van der Waals surface area (Å²) in [5.74, 6) is -1.52. The number of carbonyl (C=O) groups excluding carboxylic acids is 4. The van der Waals surface area contributed by atoms with E-state index in [1.807, 2.05) is 0 Å². The molecule has 0 bridgehead atoms. The quantitative estimate of drug-likeness (QED) is 0.557. The van der Waals surface area contributed by atoms with Crippen molar-refractivity contribution in [2.45, 2.75) is 11.7 Å². The third-order valence-electron chi connectivity index (χ3n) is 4.18. The first-order valence-electron chi connectivity index (χ1n) is 8.61. The first-order chi connectivity index (χ1) is 13.9. The van der Waals surface area contributed by atoms with E-state index in [1.165, 1.54) is 31.4 Å². The zero-order chi connectivity index (χ0) is 21.0. The van der Waals surface area contributed by atoms with Crippen molar-refractivity contribution in [2.75, 3.05) is 23.1 Å². The molecule has 29 heavy (non-hydrogen) atoms. The molecule has 1 N–H and O–H groups in total. The number of amides is 3. The Morgan fingerprint density at radius 1 is 1.21 bits per heavy atom. The van der Waals surface area contributed by atoms with Crippen LogP contribution in [0.25, 0.3) is 0 Å². The van der Waals surface area contributed by atoms with Crippen LogP contribution in [0.3, 0.4) is 0 Å². The van der Waals surface area contributed by atoms with Crippen LogP contribution in [0.5, 0.6) is 0 Å². The standard InChI is InChI=1S/C20H17ClN2O5S/c1-28-20(27)12-5-7-15(8-6-12)23-18(25)10-16(19(23)26)29-11-17(24)22-14-4-2-3-13(21)9-14/h2-9,16H,10-11H2,1H3,(H,22,24)/t16-/m0/s1. The van der Waals surface area contributed by atoms with E-state index in [0.717, 1.165) is 16.7 Å². The number of thioether (sulfide) groups is 1. The van der Waals surface area contributed by atoms with Gasteiger partial charge in [0.15, 0.2) is 0 Å². The number of carbonyl (C=O) groups is 4. The van der Waals surface area contributed by atoms with Gasteiger partial charge >= 0.3 is 5.97 Å². The molecular weight excluding hydrogens is 416 g/mol. The summed E-state index contributed by atoms with van der Waals surface area (Å²) < 4.78 is 4.63. The maximum Gasteiger partial charge on any atom is 0.337 e. The summed E-state index contributed by atoms with van der Waals surface area (Å²) in [5.41, 5.74) is 1.25. The highest BCUT2D eigenvalue weighted by molar-refractivity contribution is 8.01. The monoisotopic (exact) mass is 432 g/mol. The lowest BCUT2D eigenvalue weighted by atomic mass is 10.2. The maximum absolute atomic E-state index is 12.7. The molecule has 1 aliphatic heterocycles. The molecule has 0 saturated carbocycles. The van der Waals surface area contributed by atoms with Crippen LogP contribution >= 0.6 is 23.4 Å². The predicted molar refractivity (Wildman–Crippen MR) is 111 cm³/mol. The van der Waals surface area contributed by atoms with Crippen LogP contribution in [0.2, 0.25) is 5.02 Å². The van der Waals surface area contributed by atoms with Crippen molar-refractivity contribution in [1.82, 2.24) is 0 Å². The summed E-state index contributed by atoms with van der Waals surface area (Å²) in [6, 6.07) is 12.7. The van der Waals surface area contributed by atoms with E-state index in [4.69, 9.17) is 11.6 Å². The highest BCUT2D eigenvalue weighted by atomic mass is 35.5. The molecule has 9 heteroatoms. The molecule has 7 nitrogen and oxygen atoms in total. The fraction of sp³-hybridized carbons (Fsp3) is 0.200. The average Bonchev–Trinajstić information content (AvgIpc) is 2.99. The summed E-state index contributed by atoms with van der Waals surface area (Å²) in [4.78, 5) is 49.7. The molecule has 0 unspecified atom stereocenters. The van der Waals surface area contributed by atoms with Crippen LogP contribution in [0.15, 0.2) is 48.5 Å². The minimum atomic E-state index is -0.645. The third kappa shape index (κ3) is 4.96. The van der Waals surface area contributed by atoms with Gasteiger partial charge < -0.3 is 10.1 Å². The van der Waals surface area contributed by atoms with Gasteiger partial charge in [-0.15, -0.1) is 11.8 Å². The number of ether oxygens (including phenoxy) is 1. The number of hydrogen-bond acceptors (Lipinski definition) is 6. The fourth-order valence-corrected chi connectivity index (χ4v) is 3.93. The van der Waals surface area contributed by atoms with Crippen molar-refractivity contribution in [2.24, 2.45) is 0 Å². The van der Waals surface area contributed by atoms with E-state index in [9.17, 15) is 19.2 Å². The molecule has 3 rings (SSSR count). The first kappa shape index (κ1) is 20.9. The molecule has 1 atom stereocenters. The molecule has 2 aromatic carbocycles. The fourth-order valence-electron chi connectivity index (χ4n) is 2.81. The molecule has 2 aromatic rings. The lowest BCUT2D eigenvalue weighted by Crippen LogP contribution is -2.31. The number of methoxy groups -OCH3 is 1. The van der Waals surface area contributed by atoms with Crippen LogP contribution in [-0.2, 0) is 19.1 Å². The molecule has 0 aromatic heterocycles. The number of benzene rings is 2. The second kappa shape index (κ2) is 9.11. The van der Waals surface area contributed by atoms with Gasteiger partial charge in [-0.2, -0.15) is 0 Å². The third-order valence-corrected chi connectivity index (χ3v) is 5.61. The van der Waals surface area contributed by atoms with Gasteiger partial charge in [0.1, 0.15) is 0 Å². The molecule has 0 radical (unpaired) electrons. The molecule has 0 spiro atoms. The second-order valence-corrected chi connectivity index (χ2v) is 7.80. The normalized spacial score (nSPS) is 16.1. The molecule has 1 fully saturated rings. The van der Waals surface area contributed by atoms with E-state index >= 15 is 0 Å². The summed E-state index contributed by atoms with van der Waals surface area (Å²) >= 11 is 6.99. The lowest BCUT2D eigenvalue weighted by molar-refractivity contribution is -0.121. The Morgan fingerprint density at radius 3 is 2.59 bits per heavy atom. The lowest BCUT2D eigenvalue weighted by Gasteiger charge is -2.15. The van der Waals surface area contributed by atoms with Gasteiger partial charge in [-0.05, 0) is 42.5 Å². The largest absolute Gasteiger partial charge is 0.465 e. The van der Waals surface area contributed by atoms with E-state index in [0.29, 0.717) is 22.0 Å². The van der Waals surface area contributed by atoms with Crippen LogP contribution in [0, 0.1) is 0 Å². The molecule has 3 amide bonds. The second-order valence-electron chi connectivity index (χ2n) is 6.17. The number of anilines is 2. The molecule has 1 saturated heterocycles. The zero-order valence-corrected chi connectivity index (χ0v) is 17.0. The molecule has 1 heterocycles. The Morgan fingerprint density at radius 2 is 1.93 bits per heavy atom. The van der Waals surface area contributed by atoms with Crippen molar-refractivity contribution in [3.8, 4) is 0 Å². The Kier molecular flexibility index (Phi) is 6.56. The van der Waals surface area contributed by atoms with Gasteiger partial charge in [0.2, 0.25) is 17.7 Å². The van der Waals surface area contributed by atoms with Gasteiger partial charge in [0.25, 0.3) is 0 Å². The van der Waals surface area contributed by atoms with Gasteiger partial charge in [-0.3, -0.25) is 14.4 Å². The van der Waals surface area contributed by atoms with Crippen molar-refractivity contribution in [3.05, 3.63) is 59.1 Å². The Labute approximate surface area is 176 Å². The van der Waals surface area contributed by atoms with Gasteiger partial charge in [0, 0.05) is 17.1 Å². The van der Waals surface area contributed by atoms with Crippen LogP contribution in [0.4, 0.5) is 11.4 Å². The number of rotatable bonds is 6. The highest BCUT2D eigenvalue weighted by Gasteiger charge is 2.40. The van der Waals surface area contributed by atoms with Gasteiger partial charge in [0.05, 0.1) is 29.4 Å². The highest BCUT2D eigenvalue weighted by Crippen LogP contribution is 2.30. The molecule has 0 aliphatic carbocycles. The van der Waals surface area contributed by atoms with Crippen LogP contribution in [-0.4, -0.2) is 41.8 Å². The zero-order valence-electron chi connectivity index (χ0n) is 15.4. The molecule has 1 aliphatic rings. The van der Waals surface area contributed by atoms with Crippen molar-refractivity contribution >= 4 is 58.4 Å². The smallest absolute Gasteiger partial charge is 0.337 e. The van der Waals surface area contributed by atoms with E-state index in [2.05, 4.69) is 10.1 Å². The average molecular weight is 433 g/mol. The topological polar surface area (TPSA) is 92.8 Å². The number of hydrogen-bond donors (Lipinski definition) is 1. The van der Waals surface area contributed by atoms with Crippen LogP contribution < -0.4 is 10.2 Å². The first-order valence-corrected chi connectivity index (χ1v) is 10.0. The van der Waals surface area contributed by atoms with E-state index in [1.54, 1.807) is 24.3 Å². The molecule has 150 valence electrons. The van der Waals surface area contributed by atoms with Crippen molar-refractivity contribution < 1.29 is 23.9 Å². The summed E-state index contributed by atoms with van der Waals surface area (Å²) in [6.45, 7) is 0. The Balaban J connectivity index is 1.60. The minimum Gasteiger partial charge on any atom is -0.465 e. The summed E-state index contributed by atoms with van der Waals surface area (Å²) in [6.07, 6.45) is 0.00665. The number of nitrogens with zero attached hydrogens (tertiary/aromatic N) is 1. The van der Waals surface area contributed by atoms with Crippen molar-refractivity contribution in [3.63, 3.8) is 0 Å². The van der Waals surface area contributed by atoms with Gasteiger partial charge in [-0.25, -0.2) is 9.69 Å². The number of imide groups is 1. The maximum atomic E-state index is 12.7.